The SMILES string of the molecule is CC(C)(C)c1ccc(S(=O)(=O)N/N=C/c2ccc(O)c(O)c2)cc1. The fourth-order valence-corrected chi connectivity index (χ4v) is 2.77. The van der Waals surface area contributed by atoms with Crippen LogP contribution in [-0.4, -0.2) is 24.8 Å². The molecule has 0 saturated heterocycles. The molecule has 6 nitrogen and oxygen atoms in total. The Balaban J connectivity index is 2.13. The number of rotatable bonds is 4. The van der Waals surface area contributed by atoms with Gasteiger partial charge < -0.3 is 10.2 Å². The number of aromatic hydroxyl groups is 2. The molecule has 0 radical (unpaired) electrons. The molecule has 2 rings (SSSR count). The van der Waals surface area contributed by atoms with Gasteiger partial charge >= 0.3 is 0 Å². The predicted molar refractivity (Wildman–Crippen MR) is 92.8 cm³/mol. The van der Waals surface area contributed by atoms with Crippen molar-refractivity contribution in [3.05, 3.63) is 53.6 Å². The number of nitrogens with one attached hydrogen (secondary N) is 1. The minimum Gasteiger partial charge on any atom is -0.504 e. The average Bonchev–Trinajstić information content (AvgIpc) is 2.50. The van der Waals surface area contributed by atoms with Gasteiger partial charge in [0.1, 0.15) is 0 Å². The molecule has 2 aromatic rings. The second-order valence-corrected chi connectivity index (χ2v) is 8.04. The van der Waals surface area contributed by atoms with Gasteiger partial charge in [0.15, 0.2) is 11.5 Å². The van der Waals surface area contributed by atoms with Crippen LogP contribution in [0.3, 0.4) is 0 Å². The van der Waals surface area contributed by atoms with Crippen LogP contribution in [0.2, 0.25) is 0 Å². The standard InChI is InChI=1S/C17H20N2O4S/c1-17(2,3)13-5-7-14(8-6-13)24(22,23)19-18-11-12-4-9-15(20)16(21)10-12/h4-11,19-21H,1-3H3/b18-11+. The Kier molecular flexibility index (Phi) is 4.84. The number of nitrogens with zero attached hydrogens (tertiary/aromatic N) is 1. The predicted octanol–water partition coefficient (Wildman–Crippen LogP) is 2.71. The number of sulfonamides is 1. The second kappa shape index (κ2) is 6.52. The highest BCUT2D eigenvalue weighted by atomic mass is 32.2. The summed E-state index contributed by atoms with van der Waals surface area (Å²) in [6.07, 6.45) is 1.24. The van der Waals surface area contributed by atoms with Gasteiger partial charge in [0.2, 0.25) is 0 Å². The summed E-state index contributed by atoms with van der Waals surface area (Å²) in [6.45, 7) is 6.14. The van der Waals surface area contributed by atoms with Crippen molar-refractivity contribution >= 4 is 16.2 Å². The van der Waals surface area contributed by atoms with Crippen LogP contribution in [0.4, 0.5) is 0 Å². The molecule has 7 heteroatoms. The molecule has 0 aromatic heterocycles. The van der Waals surface area contributed by atoms with Crippen LogP contribution in [0.1, 0.15) is 31.9 Å². The zero-order valence-electron chi connectivity index (χ0n) is 13.7. The van der Waals surface area contributed by atoms with Crippen molar-refractivity contribution in [2.45, 2.75) is 31.1 Å². The first-order valence-electron chi connectivity index (χ1n) is 7.27. The smallest absolute Gasteiger partial charge is 0.276 e. The van der Waals surface area contributed by atoms with E-state index in [1.807, 2.05) is 20.8 Å². The maximum Gasteiger partial charge on any atom is 0.276 e. The van der Waals surface area contributed by atoms with Crippen molar-refractivity contribution in [1.29, 1.82) is 0 Å². The van der Waals surface area contributed by atoms with Crippen LogP contribution in [-0.2, 0) is 15.4 Å². The third-order valence-electron chi connectivity index (χ3n) is 3.42. The quantitative estimate of drug-likeness (QED) is 0.449. The number of hydrogen-bond donors (Lipinski definition) is 3. The largest absolute Gasteiger partial charge is 0.504 e. The normalized spacial score (nSPS) is 12.5. The topological polar surface area (TPSA) is 99.0 Å². The van der Waals surface area contributed by atoms with Crippen LogP contribution < -0.4 is 4.83 Å². The molecule has 3 N–H and O–H groups in total. The zero-order valence-corrected chi connectivity index (χ0v) is 14.5. The summed E-state index contributed by atoms with van der Waals surface area (Å²) in [5.74, 6) is -0.564. The highest BCUT2D eigenvalue weighted by molar-refractivity contribution is 7.89. The number of hydrazone groups is 1. The lowest BCUT2D eigenvalue weighted by Crippen LogP contribution is -2.19. The third-order valence-corrected chi connectivity index (χ3v) is 4.66. The Labute approximate surface area is 141 Å². The van der Waals surface area contributed by atoms with Crippen molar-refractivity contribution in [2.75, 3.05) is 0 Å². The Morgan fingerprint density at radius 2 is 1.62 bits per heavy atom. The van der Waals surface area contributed by atoms with E-state index in [0.29, 0.717) is 5.56 Å². The molecule has 128 valence electrons. The van der Waals surface area contributed by atoms with E-state index < -0.39 is 10.0 Å². The van der Waals surface area contributed by atoms with E-state index in [1.165, 1.54) is 36.5 Å². The van der Waals surface area contributed by atoms with Gasteiger partial charge in [-0.05, 0) is 46.9 Å². The molecule has 0 amide bonds. The molecule has 0 fully saturated rings. The third kappa shape index (κ3) is 4.26. The average molecular weight is 348 g/mol. The molecule has 2 aromatic carbocycles. The summed E-state index contributed by atoms with van der Waals surface area (Å²) in [4.78, 5) is 2.23. The van der Waals surface area contributed by atoms with Crippen LogP contribution in [0.5, 0.6) is 11.5 Å². The summed E-state index contributed by atoms with van der Waals surface area (Å²) in [5, 5.41) is 22.3. The van der Waals surface area contributed by atoms with Crippen molar-refractivity contribution in [3.63, 3.8) is 0 Å². The molecule has 0 bridgehead atoms. The lowest BCUT2D eigenvalue weighted by atomic mass is 9.87. The van der Waals surface area contributed by atoms with E-state index in [0.717, 1.165) is 5.56 Å². The first-order valence-corrected chi connectivity index (χ1v) is 8.75. The summed E-state index contributed by atoms with van der Waals surface area (Å²) >= 11 is 0. The Bertz CT molecular complexity index is 851. The van der Waals surface area contributed by atoms with E-state index >= 15 is 0 Å². The first kappa shape index (κ1) is 17.8. The van der Waals surface area contributed by atoms with Gasteiger partial charge in [-0.25, -0.2) is 4.83 Å². The second-order valence-electron chi connectivity index (χ2n) is 6.38. The molecular weight excluding hydrogens is 328 g/mol. The lowest BCUT2D eigenvalue weighted by molar-refractivity contribution is 0.403. The van der Waals surface area contributed by atoms with Crippen molar-refractivity contribution in [1.82, 2.24) is 4.83 Å². The minimum absolute atomic E-state index is 0.0608. The van der Waals surface area contributed by atoms with Gasteiger partial charge in [-0.2, -0.15) is 13.5 Å². The highest BCUT2D eigenvalue weighted by Crippen LogP contribution is 2.24. The van der Waals surface area contributed by atoms with Gasteiger partial charge in [0.05, 0.1) is 11.1 Å². The van der Waals surface area contributed by atoms with E-state index in [2.05, 4.69) is 9.93 Å². The molecule has 0 atom stereocenters. The first-order chi connectivity index (χ1) is 11.1. The van der Waals surface area contributed by atoms with Crippen LogP contribution in [0.15, 0.2) is 52.5 Å². The zero-order chi connectivity index (χ0) is 18.0. The number of hydrogen-bond acceptors (Lipinski definition) is 5. The van der Waals surface area contributed by atoms with Crippen LogP contribution in [0, 0.1) is 0 Å². The Hall–Kier alpha value is -2.54. The van der Waals surface area contributed by atoms with E-state index in [4.69, 9.17) is 0 Å². The van der Waals surface area contributed by atoms with Crippen LogP contribution in [0.25, 0.3) is 0 Å². The maximum atomic E-state index is 12.2. The molecule has 0 heterocycles. The summed E-state index contributed by atoms with van der Waals surface area (Å²) in [7, 11) is -3.77. The van der Waals surface area contributed by atoms with Crippen molar-refractivity contribution in [2.24, 2.45) is 5.10 Å². The minimum atomic E-state index is -3.77. The van der Waals surface area contributed by atoms with Gasteiger partial charge in [-0.1, -0.05) is 32.9 Å². The molecular formula is C17H20N2O4S. The van der Waals surface area contributed by atoms with Gasteiger partial charge in [-0.3, -0.25) is 0 Å². The van der Waals surface area contributed by atoms with Crippen molar-refractivity contribution < 1.29 is 18.6 Å². The van der Waals surface area contributed by atoms with E-state index in [1.54, 1.807) is 12.1 Å². The monoisotopic (exact) mass is 348 g/mol. The fourth-order valence-electron chi connectivity index (χ4n) is 1.98. The van der Waals surface area contributed by atoms with Crippen molar-refractivity contribution in [3.8, 4) is 11.5 Å². The fraction of sp³-hybridized carbons (Fsp3) is 0.235. The summed E-state index contributed by atoms with van der Waals surface area (Å²) < 4.78 is 24.4. The highest BCUT2D eigenvalue weighted by Gasteiger charge is 2.16. The van der Waals surface area contributed by atoms with Gasteiger partial charge in [0, 0.05) is 0 Å². The lowest BCUT2D eigenvalue weighted by Gasteiger charge is -2.19. The molecule has 0 aliphatic carbocycles. The number of phenols is 2. The molecule has 0 spiro atoms. The summed E-state index contributed by atoms with van der Waals surface area (Å²) in [6, 6.07) is 10.7. The van der Waals surface area contributed by atoms with Gasteiger partial charge in [0.25, 0.3) is 10.0 Å². The molecule has 0 aliphatic heterocycles. The summed E-state index contributed by atoms with van der Waals surface area (Å²) in [5.41, 5.74) is 1.41. The Morgan fingerprint density at radius 3 is 2.17 bits per heavy atom. The maximum absolute atomic E-state index is 12.2. The number of phenolic OH excluding ortho intramolecular Hbond substituents is 2. The van der Waals surface area contributed by atoms with Crippen LogP contribution >= 0.6 is 0 Å². The molecule has 0 unspecified atom stereocenters. The Morgan fingerprint density at radius 1 is 1.00 bits per heavy atom. The molecule has 24 heavy (non-hydrogen) atoms. The van der Waals surface area contributed by atoms with Gasteiger partial charge in [-0.15, -0.1) is 0 Å². The number of benzene rings is 2. The molecule has 0 aliphatic rings. The van der Waals surface area contributed by atoms with E-state index in [9.17, 15) is 18.6 Å². The van der Waals surface area contributed by atoms with E-state index in [-0.39, 0.29) is 21.8 Å². The molecule has 0 saturated carbocycles.